The van der Waals surface area contributed by atoms with Gasteiger partial charge in [0.25, 0.3) is 0 Å². The maximum atomic E-state index is 12.1. The summed E-state index contributed by atoms with van der Waals surface area (Å²) in [6.45, 7) is 2.61. The maximum Gasteiger partial charge on any atom is 0.179 e. The monoisotopic (exact) mass is 310 g/mol. The fourth-order valence-electron chi connectivity index (χ4n) is 2.00. The Hall–Kier alpha value is -1.46. The van der Waals surface area contributed by atoms with Crippen LogP contribution in [0.3, 0.4) is 0 Å². The molecule has 1 aromatic rings. The Morgan fingerprint density at radius 3 is 2.95 bits per heavy atom. The van der Waals surface area contributed by atoms with Crippen LogP contribution in [-0.2, 0) is 19.3 Å². The van der Waals surface area contributed by atoms with Crippen LogP contribution >= 0.6 is 0 Å². The van der Waals surface area contributed by atoms with Crippen molar-refractivity contribution >= 4 is 9.84 Å². The number of sulfone groups is 1. The molecular formula is C14H18N2O4S. The van der Waals surface area contributed by atoms with E-state index in [9.17, 15) is 8.42 Å². The second-order valence-corrected chi connectivity index (χ2v) is 6.84. The summed E-state index contributed by atoms with van der Waals surface area (Å²) < 4.78 is 35.0. The highest BCUT2D eigenvalue weighted by Gasteiger charge is 2.16. The molecule has 6 nitrogen and oxygen atoms in total. The van der Waals surface area contributed by atoms with Crippen molar-refractivity contribution in [2.45, 2.75) is 11.0 Å². The molecule has 1 N–H and O–H groups in total. The molecule has 0 aromatic heterocycles. The second-order valence-electron chi connectivity index (χ2n) is 4.73. The lowest BCUT2D eigenvalue weighted by Gasteiger charge is -2.23. The van der Waals surface area contributed by atoms with Gasteiger partial charge in [0.1, 0.15) is 0 Å². The van der Waals surface area contributed by atoms with Crippen molar-refractivity contribution in [2.75, 3.05) is 38.7 Å². The topological polar surface area (TPSA) is 88.4 Å². The molecular weight excluding hydrogens is 292 g/mol. The summed E-state index contributed by atoms with van der Waals surface area (Å²) >= 11 is 0. The van der Waals surface area contributed by atoms with Gasteiger partial charge in [0.15, 0.2) is 9.84 Å². The normalized spacial score (nSPS) is 19.1. The number of nitrogens with zero attached hydrogens (tertiary/aromatic N) is 1. The highest BCUT2D eigenvalue weighted by atomic mass is 32.2. The summed E-state index contributed by atoms with van der Waals surface area (Å²) in [5.74, 6) is -0.0184. The summed E-state index contributed by atoms with van der Waals surface area (Å²) in [4.78, 5) is 0.181. The molecule has 1 atom stereocenters. The number of nitriles is 1. The molecule has 1 heterocycles. The first kappa shape index (κ1) is 15.9. The summed E-state index contributed by atoms with van der Waals surface area (Å²) in [6, 6.07) is 8.00. The van der Waals surface area contributed by atoms with Gasteiger partial charge in [0.2, 0.25) is 0 Å². The van der Waals surface area contributed by atoms with E-state index in [0.717, 1.165) is 0 Å². The van der Waals surface area contributed by atoms with Crippen molar-refractivity contribution in [2.24, 2.45) is 0 Å². The van der Waals surface area contributed by atoms with E-state index in [1.165, 1.54) is 12.1 Å². The number of hydrogen-bond acceptors (Lipinski definition) is 6. The average Bonchev–Trinajstić information content (AvgIpc) is 2.53. The number of nitrogens with one attached hydrogen (secondary N) is 1. The molecule has 2 rings (SSSR count). The van der Waals surface area contributed by atoms with Crippen molar-refractivity contribution in [3.63, 3.8) is 0 Å². The van der Waals surface area contributed by atoms with Gasteiger partial charge in [0.05, 0.1) is 48.2 Å². The molecule has 0 amide bonds. The van der Waals surface area contributed by atoms with Crippen LogP contribution in [0, 0.1) is 11.3 Å². The van der Waals surface area contributed by atoms with Crippen molar-refractivity contribution < 1.29 is 17.9 Å². The number of ether oxygens (including phenoxy) is 2. The van der Waals surface area contributed by atoms with Gasteiger partial charge in [0, 0.05) is 13.1 Å². The van der Waals surface area contributed by atoms with E-state index in [-0.39, 0.29) is 16.8 Å². The minimum absolute atomic E-state index is 0.0184. The molecule has 0 bridgehead atoms. The summed E-state index contributed by atoms with van der Waals surface area (Å²) in [5.41, 5.74) is 0.344. The van der Waals surface area contributed by atoms with Crippen molar-refractivity contribution in [3.05, 3.63) is 29.8 Å². The molecule has 1 unspecified atom stereocenters. The van der Waals surface area contributed by atoms with E-state index in [4.69, 9.17) is 14.7 Å². The van der Waals surface area contributed by atoms with E-state index >= 15 is 0 Å². The Bertz CT molecular complexity index is 604. The lowest BCUT2D eigenvalue weighted by Crippen LogP contribution is -2.38. The van der Waals surface area contributed by atoms with Gasteiger partial charge in [-0.3, -0.25) is 0 Å². The Balaban J connectivity index is 1.82. The van der Waals surface area contributed by atoms with E-state index in [0.29, 0.717) is 38.5 Å². The molecule has 0 saturated carbocycles. The summed E-state index contributed by atoms with van der Waals surface area (Å²) in [5, 5.41) is 11.9. The first-order valence-electron chi connectivity index (χ1n) is 6.75. The first-order valence-corrected chi connectivity index (χ1v) is 8.40. The third kappa shape index (κ3) is 4.79. The second kappa shape index (κ2) is 7.52. The fourth-order valence-corrected chi connectivity index (χ4v) is 3.24. The Morgan fingerprint density at radius 2 is 2.24 bits per heavy atom. The molecule has 7 heteroatoms. The van der Waals surface area contributed by atoms with Crippen LogP contribution in [0.15, 0.2) is 29.2 Å². The van der Waals surface area contributed by atoms with Gasteiger partial charge in [-0.2, -0.15) is 5.26 Å². The number of rotatable bonds is 6. The number of hydrogen-bond donors (Lipinski definition) is 1. The molecule has 1 saturated heterocycles. The number of benzene rings is 1. The van der Waals surface area contributed by atoms with Crippen LogP contribution < -0.4 is 5.32 Å². The van der Waals surface area contributed by atoms with Gasteiger partial charge >= 0.3 is 0 Å². The molecule has 1 aliphatic rings. The predicted octanol–water partition coefficient (Wildman–Crippen LogP) is 0.337. The Kier molecular flexibility index (Phi) is 5.70. The van der Waals surface area contributed by atoms with E-state index in [2.05, 4.69) is 5.32 Å². The summed E-state index contributed by atoms with van der Waals surface area (Å²) in [7, 11) is -3.38. The van der Waals surface area contributed by atoms with Gasteiger partial charge in [-0.05, 0) is 18.2 Å². The molecule has 1 fully saturated rings. The third-order valence-corrected chi connectivity index (χ3v) is 4.84. The lowest BCUT2D eigenvalue weighted by molar-refractivity contribution is -0.0861. The van der Waals surface area contributed by atoms with Gasteiger partial charge in [-0.25, -0.2) is 8.42 Å². The minimum atomic E-state index is -3.38. The van der Waals surface area contributed by atoms with E-state index in [1.807, 2.05) is 6.07 Å². The van der Waals surface area contributed by atoms with Crippen LogP contribution in [0.25, 0.3) is 0 Å². The standard InChI is InChI=1S/C14H18N2O4S/c15-9-12-2-1-3-14(8-12)21(17,18)7-4-16-10-13-11-19-5-6-20-13/h1-3,8,13,16H,4-7,10-11H2. The SMILES string of the molecule is N#Cc1cccc(S(=O)(=O)CCNCC2COCCO2)c1. The van der Waals surface area contributed by atoms with Gasteiger partial charge in [-0.15, -0.1) is 0 Å². The Labute approximate surface area is 124 Å². The zero-order valence-electron chi connectivity index (χ0n) is 11.6. The quantitative estimate of drug-likeness (QED) is 0.762. The smallest absolute Gasteiger partial charge is 0.179 e. The molecule has 114 valence electrons. The molecule has 1 aliphatic heterocycles. The van der Waals surface area contributed by atoms with Crippen molar-refractivity contribution in [3.8, 4) is 6.07 Å². The highest BCUT2D eigenvalue weighted by molar-refractivity contribution is 7.91. The Morgan fingerprint density at radius 1 is 1.38 bits per heavy atom. The van der Waals surface area contributed by atoms with E-state index in [1.54, 1.807) is 12.1 Å². The van der Waals surface area contributed by atoms with E-state index < -0.39 is 9.84 Å². The average molecular weight is 310 g/mol. The van der Waals surface area contributed by atoms with Crippen molar-refractivity contribution in [1.82, 2.24) is 5.32 Å². The maximum absolute atomic E-state index is 12.1. The molecule has 0 spiro atoms. The van der Waals surface area contributed by atoms with Crippen molar-refractivity contribution in [1.29, 1.82) is 5.26 Å². The zero-order chi connectivity index (χ0) is 15.1. The van der Waals surface area contributed by atoms with Crippen LogP contribution in [0.5, 0.6) is 0 Å². The predicted molar refractivity (Wildman–Crippen MR) is 76.6 cm³/mol. The third-order valence-electron chi connectivity index (χ3n) is 3.13. The highest BCUT2D eigenvalue weighted by Crippen LogP contribution is 2.12. The van der Waals surface area contributed by atoms with Crippen LogP contribution in [-0.4, -0.2) is 53.2 Å². The molecule has 0 aliphatic carbocycles. The van der Waals surface area contributed by atoms with Gasteiger partial charge in [-0.1, -0.05) is 6.07 Å². The molecule has 21 heavy (non-hydrogen) atoms. The summed E-state index contributed by atoms with van der Waals surface area (Å²) in [6.07, 6.45) is -0.0247. The molecule has 1 aromatic carbocycles. The fraction of sp³-hybridized carbons (Fsp3) is 0.500. The van der Waals surface area contributed by atoms with Crippen LogP contribution in [0.4, 0.5) is 0 Å². The largest absolute Gasteiger partial charge is 0.376 e. The molecule has 0 radical (unpaired) electrons. The van der Waals surface area contributed by atoms with Crippen LogP contribution in [0.2, 0.25) is 0 Å². The van der Waals surface area contributed by atoms with Crippen LogP contribution in [0.1, 0.15) is 5.56 Å². The first-order chi connectivity index (χ1) is 10.1. The zero-order valence-corrected chi connectivity index (χ0v) is 12.4. The van der Waals surface area contributed by atoms with Gasteiger partial charge < -0.3 is 14.8 Å². The lowest BCUT2D eigenvalue weighted by atomic mass is 10.2. The minimum Gasteiger partial charge on any atom is -0.376 e.